The molecule has 0 aliphatic carbocycles. The maximum atomic E-state index is 11.8. The van der Waals surface area contributed by atoms with Gasteiger partial charge in [-0.05, 0) is 0 Å². The van der Waals surface area contributed by atoms with Crippen molar-refractivity contribution < 1.29 is 4.79 Å². The fourth-order valence-electron chi connectivity index (χ4n) is 1.59. The summed E-state index contributed by atoms with van der Waals surface area (Å²) in [5, 5.41) is 0. The van der Waals surface area contributed by atoms with Gasteiger partial charge >= 0.3 is 11.4 Å². The van der Waals surface area contributed by atoms with E-state index in [1.165, 1.54) is 29.3 Å². The number of carbonyl (C=O) groups is 1. The molecular formula is C9H10N4O3. The molecule has 2 heterocycles. The summed E-state index contributed by atoms with van der Waals surface area (Å²) in [6, 6.07) is 0. The molecule has 0 saturated carbocycles. The van der Waals surface area contributed by atoms with E-state index in [0.717, 1.165) is 4.57 Å². The van der Waals surface area contributed by atoms with E-state index in [4.69, 9.17) is 0 Å². The number of aryl methyl sites for hydroxylation is 1. The van der Waals surface area contributed by atoms with Gasteiger partial charge in [-0.15, -0.1) is 0 Å². The Morgan fingerprint density at radius 1 is 1.25 bits per heavy atom. The second-order valence-corrected chi connectivity index (χ2v) is 3.44. The van der Waals surface area contributed by atoms with Gasteiger partial charge in [0.05, 0.1) is 11.9 Å². The highest BCUT2D eigenvalue weighted by Gasteiger charge is 2.12. The topological polar surface area (TPSA) is 78.4 Å². The molecule has 2 rings (SSSR count). The van der Waals surface area contributed by atoms with Crippen molar-refractivity contribution in [2.75, 3.05) is 0 Å². The fourth-order valence-corrected chi connectivity index (χ4v) is 1.59. The summed E-state index contributed by atoms with van der Waals surface area (Å²) >= 11 is 0. The van der Waals surface area contributed by atoms with E-state index in [2.05, 4.69) is 4.98 Å². The highest BCUT2D eigenvalue weighted by molar-refractivity contribution is 5.54. The molecule has 0 radical (unpaired) electrons. The van der Waals surface area contributed by atoms with E-state index in [1.54, 1.807) is 0 Å². The number of hydrogen-bond acceptors (Lipinski definition) is 4. The van der Waals surface area contributed by atoms with Crippen LogP contribution in [0, 0.1) is 0 Å². The average Bonchev–Trinajstić information content (AvgIpc) is 2.68. The van der Waals surface area contributed by atoms with Gasteiger partial charge in [0.25, 0.3) is 0 Å². The summed E-state index contributed by atoms with van der Waals surface area (Å²) in [4.78, 5) is 37.8. The average molecular weight is 222 g/mol. The predicted molar refractivity (Wildman–Crippen MR) is 55.4 cm³/mol. The van der Waals surface area contributed by atoms with Gasteiger partial charge in [-0.25, -0.2) is 23.5 Å². The molecule has 7 heteroatoms. The summed E-state index contributed by atoms with van der Waals surface area (Å²) < 4.78 is 3.49. The Balaban J connectivity index is 3.00. The Labute approximate surface area is 89.6 Å². The van der Waals surface area contributed by atoms with Gasteiger partial charge in [-0.1, -0.05) is 0 Å². The second-order valence-electron chi connectivity index (χ2n) is 3.44. The quantitative estimate of drug-likeness (QED) is 0.578. The van der Waals surface area contributed by atoms with E-state index in [9.17, 15) is 14.4 Å². The molecule has 2 aromatic heterocycles. The normalized spacial score (nSPS) is 10.9. The molecule has 0 atom stereocenters. The first-order chi connectivity index (χ1) is 7.57. The van der Waals surface area contributed by atoms with Crippen LogP contribution in [-0.2, 0) is 25.3 Å². The van der Waals surface area contributed by atoms with E-state index in [-0.39, 0.29) is 12.2 Å². The van der Waals surface area contributed by atoms with Gasteiger partial charge in [0, 0.05) is 20.5 Å². The van der Waals surface area contributed by atoms with Crippen LogP contribution >= 0.6 is 0 Å². The van der Waals surface area contributed by atoms with Crippen molar-refractivity contribution in [3.8, 4) is 0 Å². The van der Waals surface area contributed by atoms with Crippen LogP contribution in [0.1, 0.15) is 5.69 Å². The first kappa shape index (κ1) is 10.3. The molecule has 0 aromatic carbocycles. The predicted octanol–water partition coefficient (Wildman–Crippen LogP) is -1.53. The molecule has 7 nitrogen and oxygen atoms in total. The highest BCUT2D eigenvalue weighted by atomic mass is 16.2. The van der Waals surface area contributed by atoms with Crippen molar-refractivity contribution in [1.29, 1.82) is 0 Å². The third-order valence-corrected chi connectivity index (χ3v) is 2.46. The van der Waals surface area contributed by atoms with Gasteiger partial charge in [-0.2, -0.15) is 0 Å². The molecule has 0 saturated heterocycles. The number of aromatic nitrogens is 4. The lowest BCUT2D eigenvalue weighted by Crippen LogP contribution is -2.41. The Morgan fingerprint density at radius 2 is 1.94 bits per heavy atom. The molecule has 0 N–H and O–H groups in total. The van der Waals surface area contributed by atoms with E-state index >= 15 is 0 Å². The summed E-state index contributed by atoms with van der Waals surface area (Å²) in [6.45, 7) is 0. The largest absolute Gasteiger partial charge is 0.339 e. The van der Waals surface area contributed by atoms with Crippen molar-refractivity contribution in [2.45, 2.75) is 6.42 Å². The summed E-state index contributed by atoms with van der Waals surface area (Å²) in [5.41, 5.74) is -0.464. The molecule has 2 aromatic rings. The van der Waals surface area contributed by atoms with E-state index in [1.807, 2.05) is 0 Å². The van der Waals surface area contributed by atoms with Crippen molar-refractivity contribution in [3.05, 3.63) is 32.9 Å². The Kier molecular flexibility index (Phi) is 2.22. The van der Waals surface area contributed by atoms with Crippen LogP contribution in [0.4, 0.5) is 0 Å². The Bertz CT molecular complexity index is 676. The van der Waals surface area contributed by atoms with Gasteiger partial charge in [-0.3, -0.25) is 4.57 Å². The monoisotopic (exact) mass is 222 g/mol. The van der Waals surface area contributed by atoms with Crippen molar-refractivity contribution in [2.24, 2.45) is 14.1 Å². The maximum Gasteiger partial charge on any atom is 0.339 e. The zero-order chi connectivity index (χ0) is 11.9. The minimum atomic E-state index is -0.493. The zero-order valence-corrected chi connectivity index (χ0v) is 8.88. The lowest BCUT2D eigenvalue weighted by atomic mass is 10.4. The number of nitrogens with zero attached hydrogens (tertiary/aromatic N) is 4. The van der Waals surface area contributed by atoms with Crippen LogP contribution in [-0.4, -0.2) is 24.8 Å². The van der Waals surface area contributed by atoms with Crippen molar-refractivity contribution >= 4 is 12.1 Å². The standard InChI is InChI=1S/C9H10N4O3/c1-11-7-10-5-6(3-4-14)13(7)9(16)12(2)8(11)15/h4-5H,3H2,1-2H3. The minimum absolute atomic E-state index is 0.0919. The summed E-state index contributed by atoms with van der Waals surface area (Å²) in [6.07, 6.45) is 2.20. The molecule has 0 unspecified atom stereocenters. The SMILES string of the molecule is Cn1c(=O)n(C)c2ncc(CC=O)n2c1=O. The molecule has 84 valence electrons. The molecular weight excluding hydrogens is 212 g/mol. The molecule has 0 bridgehead atoms. The molecule has 0 fully saturated rings. The molecule has 16 heavy (non-hydrogen) atoms. The van der Waals surface area contributed by atoms with E-state index < -0.39 is 11.4 Å². The van der Waals surface area contributed by atoms with Gasteiger partial charge in [0.2, 0.25) is 5.78 Å². The highest BCUT2D eigenvalue weighted by Crippen LogP contribution is 2.00. The number of carbonyl (C=O) groups excluding carboxylic acids is 1. The van der Waals surface area contributed by atoms with E-state index in [0.29, 0.717) is 12.0 Å². The third-order valence-electron chi connectivity index (χ3n) is 2.46. The second kappa shape index (κ2) is 3.44. The lowest BCUT2D eigenvalue weighted by Gasteiger charge is -2.04. The smallest absolute Gasteiger partial charge is 0.303 e. The number of fused-ring (bicyclic) bond motifs is 1. The lowest BCUT2D eigenvalue weighted by molar-refractivity contribution is -0.107. The minimum Gasteiger partial charge on any atom is -0.303 e. The van der Waals surface area contributed by atoms with Crippen LogP contribution in [0.3, 0.4) is 0 Å². The molecule has 0 aliphatic heterocycles. The van der Waals surface area contributed by atoms with Crippen LogP contribution in [0.25, 0.3) is 5.78 Å². The van der Waals surface area contributed by atoms with Crippen LogP contribution in [0.5, 0.6) is 0 Å². The van der Waals surface area contributed by atoms with Crippen LogP contribution in [0.15, 0.2) is 15.8 Å². The Hall–Kier alpha value is -2.18. The first-order valence-electron chi connectivity index (χ1n) is 4.64. The van der Waals surface area contributed by atoms with Crippen molar-refractivity contribution in [3.63, 3.8) is 0 Å². The third kappa shape index (κ3) is 1.21. The van der Waals surface area contributed by atoms with Gasteiger partial charge < -0.3 is 4.79 Å². The van der Waals surface area contributed by atoms with Gasteiger partial charge in [0.1, 0.15) is 6.29 Å². The summed E-state index contributed by atoms with van der Waals surface area (Å²) in [7, 11) is 2.91. The number of hydrogen-bond donors (Lipinski definition) is 0. The summed E-state index contributed by atoms with van der Waals surface area (Å²) in [5.74, 6) is 0.241. The van der Waals surface area contributed by atoms with Crippen molar-refractivity contribution in [1.82, 2.24) is 18.5 Å². The van der Waals surface area contributed by atoms with Crippen LogP contribution in [0.2, 0.25) is 0 Å². The maximum absolute atomic E-state index is 11.8. The van der Waals surface area contributed by atoms with Crippen LogP contribution < -0.4 is 11.4 Å². The fraction of sp³-hybridized carbons (Fsp3) is 0.333. The number of rotatable bonds is 2. The molecule has 0 spiro atoms. The zero-order valence-electron chi connectivity index (χ0n) is 8.88. The Morgan fingerprint density at radius 3 is 2.56 bits per heavy atom. The molecule has 0 amide bonds. The molecule has 0 aliphatic rings. The number of imidazole rings is 1. The first-order valence-corrected chi connectivity index (χ1v) is 4.64. The van der Waals surface area contributed by atoms with Gasteiger partial charge in [0.15, 0.2) is 0 Å². The number of aldehydes is 1.